The molecule has 0 aromatic heterocycles. The maximum Gasteiger partial charge on any atom is 0.229 e. The Kier molecular flexibility index (Phi) is 3.91. The number of sulfone groups is 1. The van der Waals surface area contributed by atoms with Gasteiger partial charge in [0.15, 0.2) is 9.84 Å². The van der Waals surface area contributed by atoms with E-state index in [0.717, 1.165) is 25.5 Å². The van der Waals surface area contributed by atoms with E-state index in [2.05, 4.69) is 5.32 Å². The average Bonchev–Trinajstić information content (AvgIpc) is 2.75. The van der Waals surface area contributed by atoms with E-state index in [4.69, 9.17) is 5.73 Å². The molecule has 1 aromatic rings. The van der Waals surface area contributed by atoms with Crippen LogP contribution in [0.2, 0.25) is 0 Å². The third-order valence-corrected chi connectivity index (χ3v) is 4.55. The fourth-order valence-electron chi connectivity index (χ4n) is 2.35. The second-order valence-corrected chi connectivity index (χ2v) is 7.01. The van der Waals surface area contributed by atoms with Gasteiger partial charge in [0, 0.05) is 18.0 Å². The van der Waals surface area contributed by atoms with E-state index >= 15 is 0 Å². The number of anilines is 1. The number of benzene rings is 1. The first-order valence-electron chi connectivity index (χ1n) is 6.24. The maximum absolute atomic E-state index is 12.0. The first kappa shape index (κ1) is 14.0. The van der Waals surface area contributed by atoms with Crippen LogP contribution in [-0.4, -0.2) is 26.6 Å². The molecule has 1 amide bonds. The van der Waals surface area contributed by atoms with Crippen molar-refractivity contribution in [1.82, 2.24) is 0 Å². The minimum absolute atomic E-state index is 0.0990. The molecule has 1 saturated carbocycles. The fourth-order valence-corrected chi connectivity index (χ4v) is 3.02. The minimum Gasteiger partial charge on any atom is -0.327 e. The summed E-state index contributed by atoms with van der Waals surface area (Å²) in [5.41, 5.74) is 6.37. The lowest BCUT2D eigenvalue weighted by atomic mass is 10.0. The monoisotopic (exact) mass is 282 g/mol. The molecule has 1 aliphatic rings. The van der Waals surface area contributed by atoms with Gasteiger partial charge < -0.3 is 11.1 Å². The second kappa shape index (κ2) is 5.30. The second-order valence-electron chi connectivity index (χ2n) is 4.99. The first-order chi connectivity index (χ1) is 8.88. The van der Waals surface area contributed by atoms with Crippen LogP contribution in [0, 0.1) is 5.92 Å². The van der Waals surface area contributed by atoms with Gasteiger partial charge in [0.25, 0.3) is 0 Å². The van der Waals surface area contributed by atoms with Crippen LogP contribution >= 0.6 is 0 Å². The zero-order valence-corrected chi connectivity index (χ0v) is 11.6. The van der Waals surface area contributed by atoms with E-state index in [1.807, 2.05) is 0 Å². The highest BCUT2D eigenvalue weighted by Crippen LogP contribution is 2.25. The van der Waals surface area contributed by atoms with Crippen molar-refractivity contribution in [3.63, 3.8) is 0 Å². The van der Waals surface area contributed by atoms with Gasteiger partial charge in [-0.2, -0.15) is 0 Å². The van der Waals surface area contributed by atoms with Crippen molar-refractivity contribution in [3.05, 3.63) is 24.3 Å². The molecule has 0 saturated heterocycles. The standard InChI is InChI=1S/C13H18N2O3S/c1-19(17,18)10-5-2-4-9(8-10)15-13(16)11-6-3-7-12(11)14/h2,4-5,8,11-12H,3,6-7,14H2,1H3,(H,15,16). The van der Waals surface area contributed by atoms with Crippen LogP contribution < -0.4 is 11.1 Å². The summed E-state index contributed by atoms with van der Waals surface area (Å²) in [4.78, 5) is 12.2. The lowest BCUT2D eigenvalue weighted by molar-refractivity contribution is -0.120. The molecule has 0 radical (unpaired) electrons. The molecule has 0 heterocycles. The molecule has 104 valence electrons. The lowest BCUT2D eigenvalue weighted by Gasteiger charge is -2.15. The van der Waals surface area contributed by atoms with Crippen molar-refractivity contribution in [3.8, 4) is 0 Å². The van der Waals surface area contributed by atoms with Crippen LogP contribution in [-0.2, 0) is 14.6 Å². The summed E-state index contributed by atoms with van der Waals surface area (Å²) in [5.74, 6) is -0.308. The van der Waals surface area contributed by atoms with E-state index in [9.17, 15) is 13.2 Å². The Hall–Kier alpha value is -1.40. The number of carbonyl (C=O) groups is 1. The summed E-state index contributed by atoms with van der Waals surface area (Å²) < 4.78 is 22.9. The molecule has 6 heteroatoms. The summed E-state index contributed by atoms with van der Waals surface area (Å²) in [5, 5.41) is 2.74. The van der Waals surface area contributed by atoms with Crippen LogP contribution in [0.1, 0.15) is 19.3 Å². The Bertz CT molecular complexity index is 583. The van der Waals surface area contributed by atoms with Crippen LogP contribution in [0.4, 0.5) is 5.69 Å². The van der Waals surface area contributed by atoms with Gasteiger partial charge >= 0.3 is 0 Å². The molecular formula is C13H18N2O3S. The molecule has 1 aliphatic carbocycles. The molecule has 2 unspecified atom stereocenters. The van der Waals surface area contributed by atoms with Crippen LogP contribution in [0.3, 0.4) is 0 Å². The molecule has 1 aromatic carbocycles. The van der Waals surface area contributed by atoms with E-state index in [1.165, 1.54) is 12.1 Å². The molecular weight excluding hydrogens is 264 g/mol. The largest absolute Gasteiger partial charge is 0.327 e. The Morgan fingerprint density at radius 2 is 2.11 bits per heavy atom. The van der Waals surface area contributed by atoms with Gasteiger partial charge in [-0.3, -0.25) is 4.79 Å². The zero-order chi connectivity index (χ0) is 14.0. The lowest BCUT2D eigenvalue weighted by Crippen LogP contribution is -2.34. The van der Waals surface area contributed by atoms with Gasteiger partial charge in [-0.25, -0.2) is 8.42 Å². The highest BCUT2D eigenvalue weighted by atomic mass is 32.2. The number of rotatable bonds is 3. The van der Waals surface area contributed by atoms with Crippen LogP contribution in [0.15, 0.2) is 29.2 Å². The number of carbonyl (C=O) groups excluding carboxylic acids is 1. The number of hydrogen-bond donors (Lipinski definition) is 2. The predicted molar refractivity (Wildman–Crippen MR) is 73.5 cm³/mol. The van der Waals surface area contributed by atoms with E-state index < -0.39 is 9.84 Å². The van der Waals surface area contributed by atoms with Crippen molar-refractivity contribution >= 4 is 21.4 Å². The van der Waals surface area contributed by atoms with Crippen molar-refractivity contribution in [1.29, 1.82) is 0 Å². The first-order valence-corrected chi connectivity index (χ1v) is 8.13. The molecule has 0 aliphatic heterocycles. The summed E-state index contributed by atoms with van der Waals surface area (Å²) in [6.07, 6.45) is 3.75. The highest BCUT2D eigenvalue weighted by Gasteiger charge is 2.30. The highest BCUT2D eigenvalue weighted by molar-refractivity contribution is 7.90. The van der Waals surface area contributed by atoms with Crippen molar-refractivity contribution in [2.75, 3.05) is 11.6 Å². The van der Waals surface area contributed by atoms with Crippen molar-refractivity contribution in [2.24, 2.45) is 11.7 Å². The fraction of sp³-hybridized carbons (Fsp3) is 0.462. The molecule has 3 N–H and O–H groups in total. The topological polar surface area (TPSA) is 89.3 Å². The van der Waals surface area contributed by atoms with Gasteiger partial charge in [0.1, 0.15) is 0 Å². The van der Waals surface area contributed by atoms with Crippen molar-refractivity contribution < 1.29 is 13.2 Å². The summed E-state index contributed by atoms with van der Waals surface area (Å²) in [6, 6.07) is 6.16. The third kappa shape index (κ3) is 3.33. The van der Waals surface area contributed by atoms with Gasteiger partial charge in [-0.1, -0.05) is 12.5 Å². The number of hydrogen-bond acceptors (Lipinski definition) is 4. The maximum atomic E-state index is 12.0. The summed E-state index contributed by atoms with van der Waals surface area (Å²) in [6.45, 7) is 0. The summed E-state index contributed by atoms with van der Waals surface area (Å²) >= 11 is 0. The molecule has 0 bridgehead atoms. The quantitative estimate of drug-likeness (QED) is 0.870. The zero-order valence-electron chi connectivity index (χ0n) is 10.8. The number of amides is 1. The van der Waals surface area contributed by atoms with Gasteiger partial charge in [-0.15, -0.1) is 0 Å². The Balaban J connectivity index is 2.13. The van der Waals surface area contributed by atoms with E-state index in [1.54, 1.807) is 12.1 Å². The molecule has 1 fully saturated rings. The molecule has 2 rings (SSSR count). The van der Waals surface area contributed by atoms with Gasteiger partial charge in [-0.05, 0) is 31.0 Å². The van der Waals surface area contributed by atoms with Crippen LogP contribution in [0.5, 0.6) is 0 Å². The Labute approximate surface area is 113 Å². The molecule has 0 spiro atoms. The predicted octanol–water partition coefficient (Wildman–Crippen LogP) is 1.16. The van der Waals surface area contributed by atoms with Crippen molar-refractivity contribution in [2.45, 2.75) is 30.2 Å². The molecule has 2 atom stereocenters. The van der Waals surface area contributed by atoms with Gasteiger partial charge in [0.05, 0.1) is 10.8 Å². The average molecular weight is 282 g/mol. The molecule has 5 nitrogen and oxygen atoms in total. The summed E-state index contributed by atoms with van der Waals surface area (Å²) in [7, 11) is -3.27. The number of nitrogens with one attached hydrogen (secondary N) is 1. The smallest absolute Gasteiger partial charge is 0.229 e. The van der Waals surface area contributed by atoms with Gasteiger partial charge in [0.2, 0.25) is 5.91 Å². The SMILES string of the molecule is CS(=O)(=O)c1cccc(NC(=O)C2CCCC2N)c1. The van der Waals surface area contributed by atoms with Crippen LogP contribution in [0.25, 0.3) is 0 Å². The van der Waals surface area contributed by atoms with E-state index in [0.29, 0.717) is 5.69 Å². The Morgan fingerprint density at radius 3 is 2.68 bits per heavy atom. The Morgan fingerprint density at radius 1 is 1.37 bits per heavy atom. The third-order valence-electron chi connectivity index (χ3n) is 3.44. The number of nitrogens with two attached hydrogens (primary N) is 1. The van der Waals surface area contributed by atoms with E-state index in [-0.39, 0.29) is 22.8 Å². The normalized spacial score (nSPS) is 23.3. The minimum atomic E-state index is -3.27. The molecule has 19 heavy (non-hydrogen) atoms.